The molecule has 0 atom stereocenters. The maximum absolute atomic E-state index is 12.3. The first-order valence-electron chi connectivity index (χ1n) is 5.44. The van der Waals surface area contributed by atoms with Crippen LogP contribution in [0.25, 0.3) is 0 Å². The highest BCUT2D eigenvalue weighted by Crippen LogP contribution is 2.21. The summed E-state index contributed by atoms with van der Waals surface area (Å²) in [5.74, 6) is 0. The first-order chi connectivity index (χ1) is 9.03. The zero-order valence-corrected chi connectivity index (χ0v) is 13.1. The van der Waals surface area contributed by atoms with E-state index in [1.54, 1.807) is 31.3 Å². The minimum atomic E-state index is -3.69. The van der Waals surface area contributed by atoms with E-state index in [2.05, 4.69) is 37.6 Å². The average molecular weight is 389 g/mol. The second-order valence-electron chi connectivity index (χ2n) is 3.72. The van der Waals surface area contributed by atoms with Crippen molar-refractivity contribution >= 4 is 44.0 Å². The number of hydrogen-bond donors (Lipinski definition) is 2. The van der Waals surface area contributed by atoms with Crippen molar-refractivity contribution in [1.82, 2.24) is 4.98 Å². The molecule has 0 aliphatic heterocycles. The summed E-state index contributed by atoms with van der Waals surface area (Å²) < 4.78 is 28.0. The van der Waals surface area contributed by atoms with Crippen molar-refractivity contribution < 1.29 is 8.42 Å². The largest absolute Gasteiger partial charge is 0.386 e. The molecule has 19 heavy (non-hydrogen) atoms. The van der Waals surface area contributed by atoms with Crippen LogP contribution in [-0.4, -0.2) is 20.4 Å². The number of rotatable bonds is 4. The smallest absolute Gasteiger partial charge is 0.281 e. The van der Waals surface area contributed by atoms with Gasteiger partial charge in [0.1, 0.15) is 0 Å². The summed E-state index contributed by atoms with van der Waals surface area (Å²) in [7, 11) is -2.04. The Labute approximate surface area is 125 Å². The van der Waals surface area contributed by atoms with Crippen molar-refractivity contribution in [1.29, 1.82) is 0 Å². The van der Waals surface area contributed by atoms with Gasteiger partial charge in [-0.15, -0.1) is 0 Å². The minimum absolute atomic E-state index is 0.0175. The fraction of sp³-hybridized carbons (Fsp3) is 0.0833. The van der Waals surface area contributed by atoms with E-state index in [1.165, 1.54) is 6.20 Å². The van der Waals surface area contributed by atoms with E-state index in [0.717, 1.165) is 3.57 Å². The Bertz CT molecular complexity index is 672. The lowest BCUT2D eigenvalue weighted by molar-refractivity contribution is 0.598. The van der Waals surface area contributed by atoms with Crippen molar-refractivity contribution in [3.8, 4) is 0 Å². The molecular weight excluding hydrogens is 377 g/mol. The SMILES string of the molecule is CNc1cccnc1S(=O)(=O)Nc1ccc(I)cc1. The van der Waals surface area contributed by atoms with E-state index in [9.17, 15) is 8.42 Å². The summed E-state index contributed by atoms with van der Waals surface area (Å²) in [4.78, 5) is 3.92. The van der Waals surface area contributed by atoms with Gasteiger partial charge < -0.3 is 5.32 Å². The number of nitrogens with zero attached hydrogens (tertiary/aromatic N) is 1. The molecule has 1 aromatic carbocycles. The van der Waals surface area contributed by atoms with Crippen LogP contribution >= 0.6 is 22.6 Å². The van der Waals surface area contributed by atoms with E-state index >= 15 is 0 Å². The lowest BCUT2D eigenvalue weighted by Gasteiger charge is -2.10. The molecule has 2 aromatic rings. The van der Waals surface area contributed by atoms with Crippen LogP contribution in [0.1, 0.15) is 0 Å². The summed E-state index contributed by atoms with van der Waals surface area (Å²) in [5.41, 5.74) is 0.966. The molecule has 0 spiro atoms. The van der Waals surface area contributed by atoms with Gasteiger partial charge in [0, 0.05) is 22.5 Å². The normalized spacial score (nSPS) is 11.1. The number of sulfonamides is 1. The third-order valence-electron chi connectivity index (χ3n) is 2.39. The number of halogens is 1. The summed E-state index contributed by atoms with van der Waals surface area (Å²) >= 11 is 2.16. The molecule has 1 heterocycles. The van der Waals surface area contributed by atoms with Crippen LogP contribution in [0.3, 0.4) is 0 Å². The van der Waals surface area contributed by atoms with Crippen molar-refractivity contribution in [2.24, 2.45) is 0 Å². The highest BCUT2D eigenvalue weighted by Gasteiger charge is 2.19. The first kappa shape index (κ1) is 14.1. The number of benzene rings is 1. The second-order valence-corrected chi connectivity index (χ2v) is 6.56. The maximum Gasteiger partial charge on any atom is 0.281 e. The van der Waals surface area contributed by atoms with Gasteiger partial charge >= 0.3 is 0 Å². The summed E-state index contributed by atoms with van der Waals surface area (Å²) in [5, 5.41) is 2.80. The van der Waals surface area contributed by atoms with E-state index in [-0.39, 0.29) is 5.03 Å². The van der Waals surface area contributed by atoms with Crippen LogP contribution in [-0.2, 0) is 10.0 Å². The van der Waals surface area contributed by atoms with Crippen LogP contribution in [0, 0.1) is 3.57 Å². The second kappa shape index (κ2) is 5.74. The van der Waals surface area contributed by atoms with Gasteiger partial charge in [0.05, 0.1) is 5.69 Å². The van der Waals surface area contributed by atoms with Crippen molar-refractivity contribution in [2.45, 2.75) is 5.03 Å². The Kier molecular flexibility index (Phi) is 4.25. The zero-order valence-electron chi connectivity index (χ0n) is 10.1. The lowest BCUT2D eigenvalue weighted by atomic mass is 10.3. The maximum atomic E-state index is 12.3. The third kappa shape index (κ3) is 3.35. The Balaban J connectivity index is 2.35. The minimum Gasteiger partial charge on any atom is -0.386 e. The summed E-state index contributed by atoms with van der Waals surface area (Å²) in [6.07, 6.45) is 1.45. The molecule has 0 bridgehead atoms. The molecule has 0 aliphatic carbocycles. The Morgan fingerprint density at radius 3 is 2.47 bits per heavy atom. The monoisotopic (exact) mass is 389 g/mol. The van der Waals surface area contributed by atoms with E-state index in [1.807, 2.05) is 12.1 Å². The zero-order chi connectivity index (χ0) is 13.9. The quantitative estimate of drug-likeness (QED) is 0.789. The van der Waals surface area contributed by atoms with Crippen molar-refractivity contribution in [3.05, 3.63) is 46.2 Å². The highest BCUT2D eigenvalue weighted by molar-refractivity contribution is 14.1. The standard InChI is InChI=1S/C12H12IN3O2S/c1-14-11-3-2-8-15-12(11)19(17,18)16-10-6-4-9(13)5-7-10/h2-8,14,16H,1H3. The van der Waals surface area contributed by atoms with Gasteiger partial charge in [-0.05, 0) is 59.0 Å². The molecule has 2 N–H and O–H groups in total. The molecule has 0 amide bonds. The van der Waals surface area contributed by atoms with Gasteiger partial charge in [0.15, 0.2) is 5.03 Å². The summed E-state index contributed by atoms with van der Waals surface area (Å²) in [6, 6.07) is 10.4. The molecule has 0 fully saturated rings. The van der Waals surface area contributed by atoms with Gasteiger partial charge in [-0.25, -0.2) is 4.98 Å². The van der Waals surface area contributed by atoms with Crippen LogP contribution in [0.15, 0.2) is 47.6 Å². The van der Waals surface area contributed by atoms with Crippen LogP contribution < -0.4 is 10.0 Å². The lowest BCUT2D eigenvalue weighted by Crippen LogP contribution is -2.16. The van der Waals surface area contributed by atoms with Crippen LogP contribution in [0.4, 0.5) is 11.4 Å². The molecule has 0 saturated carbocycles. The van der Waals surface area contributed by atoms with Gasteiger partial charge in [0.25, 0.3) is 10.0 Å². The molecule has 1 aromatic heterocycles. The molecule has 0 saturated heterocycles. The Hall–Kier alpha value is -1.35. The van der Waals surface area contributed by atoms with Crippen molar-refractivity contribution in [2.75, 3.05) is 17.1 Å². The van der Waals surface area contributed by atoms with Gasteiger partial charge in [-0.1, -0.05) is 0 Å². The fourth-order valence-corrected chi connectivity index (χ4v) is 3.08. The number of pyridine rings is 1. The number of nitrogens with one attached hydrogen (secondary N) is 2. The molecular formula is C12H12IN3O2S. The van der Waals surface area contributed by atoms with Gasteiger partial charge in [-0.3, -0.25) is 4.72 Å². The van der Waals surface area contributed by atoms with Crippen LogP contribution in [0.5, 0.6) is 0 Å². The molecule has 0 radical (unpaired) electrons. The first-order valence-corrected chi connectivity index (χ1v) is 8.00. The predicted octanol–water partition coefficient (Wildman–Crippen LogP) is 2.53. The molecule has 100 valence electrons. The third-order valence-corrected chi connectivity index (χ3v) is 4.45. The van der Waals surface area contributed by atoms with Crippen molar-refractivity contribution in [3.63, 3.8) is 0 Å². The molecule has 5 nitrogen and oxygen atoms in total. The van der Waals surface area contributed by atoms with Gasteiger partial charge in [0.2, 0.25) is 0 Å². The van der Waals surface area contributed by atoms with E-state index in [4.69, 9.17) is 0 Å². The van der Waals surface area contributed by atoms with E-state index in [0.29, 0.717) is 11.4 Å². The molecule has 0 aliphatic rings. The average Bonchev–Trinajstić information content (AvgIpc) is 2.41. The van der Waals surface area contributed by atoms with E-state index < -0.39 is 10.0 Å². The fourth-order valence-electron chi connectivity index (χ4n) is 1.52. The van der Waals surface area contributed by atoms with Gasteiger partial charge in [-0.2, -0.15) is 8.42 Å². The molecule has 0 unspecified atom stereocenters. The Morgan fingerprint density at radius 1 is 1.16 bits per heavy atom. The number of aromatic nitrogens is 1. The molecule has 2 rings (SSSR count). The Morgan fingerprint density at radius 2 is 1.84 bits per heavy atom. The predicted molar refractivity (Wildman–Crippen MR) is 83.8 cm³/mol. The van der Waals surface area contributed by atoms with Crippen LogP contribution in [0.2, 0.25) is 0 Å². The highest BCUT2D eigenvalue weighted by atomic mass is 127. The molecule has 7 heteroatoms. The summed E-state index contributed by atoms with van der Waals surface area (Å²) in [6.45, 7) is 0. The topological polar surface area (TPSA) is 71.1 Å². The number of anilines is 2. The number of hydrogen-bond acceptors (Lipinski definition) is 4.